The first-order valence-corrected chi connectivity index (χ1v) is 17.0. The fourth-order valence-corrected chi connectivity index (χ4v) is 9.62. The predicted molar refractivity (Wildman–Crippen MR) is 171 cm³/mol. The van der Waals surface area contributed by atoms with E-state index in [-0.39, 0.29) is 17.6 Å². The van der Waals surface area contributed by atoms with Gasteiger partial charge in [-0.25, -0.2) is 4.79 Å². The van der Waals surface area contributed by atoms with Gasteiger partial charge in [-0.1, -0.05) is 19.0 Å². The van der Waals surface area contributed by atoms with Gasteiger partial charge in [-0.2, -0.15) is 0 Å². The van der Waals surface area contributed by atoms with Crippen LogP contribution in [0.3, 0.4) is 0 Å². The van der Waals surface area contributed by atoms with Crippen molar-refractivity contribution in [1.29, 1.82) is 0 Å². The Hall–Kier alpha value is -1.22. The average molecular weight is 592 g/mol. The number of carbonyl (C=O) groups excluding carboxylic acids is 1. The zero-order valence-corrected chi connectivity index (χ0v) is 28.6. The third-order valence-corrected chi connectivity index (χ3v) is 12.2. The van der Waals surface area contributed by atoms with Crippen LogP contribution in [0, 0.1) is 40.4 Å². The number of hydrogen-bond donors (Lipinski definition) is 2. The number of aliphatic hydroxyl groups is 1. The lowest BCUT2D eigenvalue weighted by atomic mass is 9.44. The van der Waals surface area contributed by atoms with E-state index in [2.05, 4.69) is 73.5 Å². The van der Waals surface area contributed by atoms with Crippen molar-refractivity contribution < 1.29 is 23.7 Å². The van der Waals surface area contributed by atoms with Gasteiger partial charge in [0, 0.05) is 25.6 Å². The second-order valence-corrected chi connectivity index (χ2v) is 17.1. The smallest absolute Gasteiger partial charge is 0.393 e. The van der Waals surface area contributed by atoms with Crippen LogP contribution < -0.4 is 5.32 Å². The van der Waals surface area contributed by atoms with Gasteiger partial charge >= 0.3 is 6.09 Å². The summed E-state index contributed by atoms with van der Waals surface area (Å²) in [6.07, 6.45) is 10.3. The minimum atomic E-state index is -0.328. The van der Waals surface area contributed by atoms with Crippen LogP contribution in [-0.2, 0) is 4.84 Å². The van der Waals surface area contributed by atoms with Crippen LogP contribution in [-0.4, -0.2) is 118 Å². The van der Waals surface area contributed by atoms with Gasteiger partial charge in [0.25, 0.3) is 0 Å². The Bertz CT molecular complexity index is 958. The summed E-state index contributed by atoms with van der Waals surface area (Å²) in [7, 11) is 13.0. The van der Waals surface area contributed by atoms with Crippen molar-refractivity contribution in [2.75, 3.05) is 81.6 Å². The number of amides is 1. The van der Waals surface area contributed by atoms with Crippen LogP contribution in [0.4, 0.5) is 4.79 Å². The first-order chi connectivity index (χ1) is 19.5. The second kappa shape index (κ2) is 13.0. The van der Waals surface area contributed by atoms with Crippen molar-refractivity contribution in [2.24, 2.45) is 45.6 Å². The first-order valence-electron chi connectivity index (χ1n) is 17.0. The van der Waals surface area contributed by atoms with E-state index < -0.39 is 0 Å². The van der Waals surface area contributed by atoms with Crippen LogP contribution in [0.2, 0.25) is 0 Å². The highest BCUT2D eigenvalue weighted by atomic mass is 16.7. The van der Waals surface area contributed by atoms with E-state index in [4.69, 9.17) is 4.84 Å². The van der Waals surface area contributed by atoms with Crippen molar-refractivity contribution in [2.45, 2.75) is 84.7 Å². The summed E-state index contributed by atoms with van der Waals surface area (Å²) in [5.41, 5.74) is 1.63. The van der Waals surface area contributed by atoms with E-state index in [0.29, 0.717) is 30.3 Å². The molecule has 0 unspecified atom stereocenters. The van der Waals surface area contributed by atoms with E-state index in [1.165, 1.54) is 38.5 Å². The highest BCUT2D eigenvalue weighted by molar-refractivity contribution is 5.85. The number of hydrogen-bond acceptors (Lipinski definition) is 5. The molecule has 1 amide bonds. The molecule has 0 bridgehead atoms. The number of fused-ring (bicyclic) bond motifs is 5. The van der Waals surface area contributed by atoms with Gasteiger partial charge in [0.1, 0.15) is 0 Å². The monoisotopic (exact) mass is 592 g/mol. The molecule has 4 saturated carbocycles. The largest absolute Gasteiger partial charge is 0.436 e. The highest BCUT2D eigenvalue weighted by Gasteiger charge is 2.60. The van der Waals surface area contributed by atoms with Gasteiger partial charge in [0.2, 0.25) is 0 Å². The van der Waals surface area contributed by atoms with E-state index in [1.54, 1.807) is 0 Å². The van der Waals surface area contributed by atoms with Crippen LogP contribution in [0.25, 0.3) is 0 Å². The van der Waals surface area contributed by atoms with Gasteiger partial charge in [-0.15, -0.1) is 0 Å². The van der Waals surface area contributed by atoms with E-state index in [1.807, 2.05) is 4.90 Å². The third-order valence-electron chi connectivity index (χ3n) is 12.2. The standard InChI is InChI=1S/C34H65N5O3/c1-25(36-42-32(41)37(21-23-39(7,8)9)20-18-35-19-22-38(4,5)6)29-12-13-30-28-11-10-26-24-27(40)14-16-33(26,2)31(28)15-17-34(29,30)3/h26-31,35,40H,10-24H2,1-9H3/q+2/b36-25+/t26-,27-,28+,29-,30+,31+,33+,34-/m1/s1. The molecule has 0 aromatic heterocycles. The number of rotatable bonds is 11. The molecule has 0 aliphatic heterocycles. The third kappa shape index (κ3) is 7.70. The van der Waals surface area contributed by atoms with Gasteiger partial charge < -0.3 is 19.4 Å². The predicted octanol–water partition coefficient (Wildman–Crippen LogP) is 4.82. The molecule has 242 valence electrons. The lowest BCUT2D eigenvalue weighted by molar-refractivity contribution is -0.869. The fraction of sp³-hybridized carbons (Fsp3) is 0.941. The molecule has 0 aromatic rings. The summed E-state index contributed by atoms with van der Waals surface area (Å²) in [4.78, 5) is 20.8. The maximum absolute atomic E-state index is 13.3. The number of oxime groups is 1. The second-order valence-electron chi connectivity index (χ2n) is 17.1. The van der Waals surface area contributed by atoms with E-state index >= 15 is 0 Å². The fourth-order valence-electron chi connectivity index (χ4n) is 9.62. The topological polar surface area (TPSA) is 74.2 Å². The van der Waals surface area contributed by atoms with Gasteiger partial charge in [-0.05, 0) is 99.2 Å². The van der Waals surface area contributed by atoms with Gasteiger partial charge in [0.05, 0.1) is 73.7 Å². The zero-order chi connectivity index (χ0) is 30.9. The van der Waals surface area contributed by atoms with Crippen molar-refractivity contribution >= 4 is 11.8 Å². The lowest BCUT2D eigenvalue weighted by Gasteiger charge is -2.61. The number of nitrogens with one attached hydrogen (secondary N) is 1. The molecule has 8 nitrogen and oxygen atoms in total. The molecule has 0 aromatic carbocycles. The Kier molecular flexibility index (Phi) is 10.4. The molecule has 0 spiro atoms. The molecule has 4 aliphatic rings. The summed E-state index contributed by atoms with van der Waals surface area (Å²) < 4.78 is 1.71. The molecule has 4 rings (SSSR count). The molecule has 0 heterocycles. The number of carbonyl (C=O) groups is 1. The SMILES string of the molecule is C/C(=N\OC(=O)N(CCNCC[N+](C)(C)C)CC[N+](C)(C)C)[C@H]1CC[C@H]2[C@@H]3CC[C@@H]4C[C@H](O)CC[C@]4(C)[C@H]3CC[C@]12C. The summed E-state index contributed by atoms with van der Waals surface area (Å²) in [6.45, 7) is 12.0. The van der Waals surface area contributed by atoms with E-state index in [9.17, 15) is 9.90 Å². The summed E-state index contributed by atoms with van der Waals surface area (Å²) in [5, 5.41) is 18.4. The maximum atomic E-state index is 13.3. The molecule has 4 aliphatic carbocycles. The summed E-state index contributed by atoms with van der Waals surface area (Å²) in [6, 6.07) is 0. The molecular weight excluding hydrogens is 526 g/mol. The minimum absolute atomic E-state index is 0.0848. The molecule has 8 heteroatoms. The molecule has 2 N–H and O–H groups in total. The maximum Gasteiger partial charge on any atom is 0.436 e. The molecule has 4 fully saturated rings. The van der Waals surface area contributed by atoms with Crippen molar-refractivity contribution in [3.8, 4) is 0 Å². The molecule has 0 radical (unpaired) electrons. The average Bonchev–Trinajstić information content (AvgIpc) is 3.25. The molecule has 42 heavy (non-hydrogen) atoms. The van der Waals surface area contributed by atoms with Gasteiger partial charge in [-0.3, -0.25) is 9.74 Å². The normalized spacial score (nSPS) is 37.0. The van der Waals surface area contributed by atoms with E-state index in [0.717, 1.165) is 77.9 Å². The minimum Gasteiger partial charge on any atom is -0.393 e. The van der Waals surface area contributed by atoms with Crippen LogP contribution >= 0.6 is 0 Å². The Labute approximate surface area is 257 Å². The van der Waals surface area contributed by atoms with Gasteiger partial charge in [0.15, 0.2) is 0 Å². The van der Waals surface area contributed by atoms with Crippen LogP contribution in [0.5, 0.6) is 0 Å². The highest BCUT2D eigenvalue weighted by Crippen LogP contribution is 2.67. The Morgan fingerprint density at radius 2 is 1.55 bits per heavy atom. The van der Waals surface area contributed by atoms with Crippen molar-refractivity contribution in [3.63, 3.8) is 0 Å². The lowest BCUT2D eigenvalue weighted by Crippen LogP contribution is -2.54. The van der Waals surface area contributed by atoms with Crippen LogP contribution in [0.15, 0.2) is 5.16 Å². The number of likely N-dealkylation sites (N-methyl/N-ethyl adjacent to an activating group) is 2. The molecule has 8 atom stereocenters. The number of nitrogens with zero attached hydrogens (tertiary/aromatic N) is 4. The molecule has 0 saturated heterocycles. The Morgan fingerprint density at radius 3 is 2.24 bits per heavy atom. The Balaban J connectivity index is 1.37. The first kappa shape index (κ1) is 33.7. The van der Waals surface area contributed by atoms with Crippen molar-refractivity contribution in [1.82, 2.24) is 10.2 Å². The van der Waals surface area contributed by atoms with Crippen LogP contribution in [0.1, 0.15) is 78.6 Å². The molecular formula is C34H65N5O3+2. The summed E-state index contributed by atoms with van der Waals surface area (Å²) in [5.74, 6) is 3.38. The summed E-state index contributed by atoms with van der Waals surface area (Å²) >= 11 is 0. The number of quaternary nitrogens is 2. The number of aliphatic hydroxyl groups excluding tert-OH is 1. The Morgan fingerprint density at radius 1 is 0.881 bits per heavy atom. The quantitative estimate of drug-likeness (QED) is 0.119. The zero-order valence-electron chi connectivity index (χ0n) is 28.6. The van der Waals surface area contributed by atoms with Crippen molar-refractivity contribution in [3.05, 3.63) is 0 Å².